The topological polar surface area (TPSA) is 80.5 Å². The molecule has 0 aliphatic rings. The molecule has 0 aromatic heterocycles. The molecule has 0 aliphatic carbocycles. The van der Waals surface area contributed by atoms with Gasteiger partial charge in [0.05, 0.1) is 16.0 Å². The van der Waals surface area contributed by atoms with Gasteiger partial charge in [-0.25, -0.2) is 8.42 Å². The molecule has 7 heteroatoms. The molecule has 0 saturated heterocycles. The van der Waals surface area contributed by atoms with Gasteiger partial charge in [-0.15, -0.1) is 12.3 Å². The fraction of sp³-hybridized carbons (Fsp3) is 0.267. The molecule has 1 aromatic carbocycles. The number of nitro groups is 1. The van der Waals surface area contributed by atoms with E-state index >= 15 is 0 Å². The third kappa shape index (κ3) is 4.58. The van der Waals surface area contributed by atoms with Crippen LogP contribution in [0.1, 0.15) is 19.8 Å². The number of hydrogen-bond donors (Lipinski definition) is 0. The number of nitro benzene ring substituents is 1. The van der Waals surface area contributed by atoms with Crippen molar-refractivity contribution in [2.24, 2.45) is 0 Å². The predicted octanol–water partition coefficient (Wildman–Crippen LogP) is 3.24. The lowest BCUT2D eigenvalue weighted by molar-refractivity contribution is -0.384. The highest BCUT2D eigenvalue weighted by molar-refractivity contribution is 7.89. The van der Waals surface area contributed by atoms with Crippen LogP contribution in [0.3, 0.4) is 0 Å². The predicted molar refractivity (Wildman–Crippen MR) is 84.7 cm³/mol. The van der Waals surface area contributed by atoms with Gasteiger partial charge in [0.2, 0.25) is 0 Å². The van der Waals surface area contributed by atoms with Crippen LogP contribution in [0.2, 0.25) is 0 Å². The van der Waals surface area contributed by atoms with E-state index < -0.39 is 14.9 Å². The van der Waals surface area contributed by atoms with Crippen molar-refractivity contribution < 1.29 is 13.3 Å². The number of unbranched alkanes of at least 4 members (excludes halogenated alkanes) is 1. The molecule has 118 valence electrons. The van der Waals surface area contributed by atoms with Gasteiger partial charge in [-0.2, -0.15) is 0 Å². The lowest BCUT2D eigenvalue weighted by atomic mass is 10.3. The van der Waals surface area contributed by atoms with Crippen molar-refractivity contribution in [2.45, 2.75) is 24.7 Å². The SMILES string of the molecule is C=CCCCN(C=C=CC)S(=O)(=O)c1ccc([N+](=O)[O-])cc1. The highest BCUT2D eigenvalue weighted by Crippen LogP contribution is 2.20. The van der Waals surface area contributed by atoms with E-state index in [1.165, 1.54) is 34.8 Å². The van der Waals surface area contributed by atoms with Gasteiger partial charge >= 0.3 is 0 Å². The van der Waals surface area contributed by atoms with E-state index in [4.69, 9.17) is 0 Å². The second-order valence-electron chi connectivity index (χ2n) is 4.38. The minimum atomic E-state index is -3.76. The van der Waals surface area contributed by atoms with Crippen molar-refractivity contribution in [3.8, 4) is 0 Å². The second-order valence-corrected chi connectivity index (χ2v) is 6.27. The van der Waals surface area contributed by atoms with Crippen LogP contribution in [0, 0.1) is 10.1 Å². The molecule has 22 heavy (non-hydrogen) atoms. The molecule has 6 nitrogen and oxygen atoms in total. The Labute approximate surface area is 130 Å². The van der Waals surface area contributed by atoms with Crippen molar-refractivity contribution >= 4 is 15.7 Å². The third-order valence-electron chi connectivity index (χ3n) is 2.83. The maximum absolute atomic E-state index is 12.6. The van der Waals surface area contributed by atoms with Gasteiger partial charge in [0.25, 0.3) is 15.7 Å². The van der Waals surface area contributed by atoms with E-state index in [1.54, 1.807) is 19.1 Å². The van der Waals surface area contributed by atoms with E-state index in [0.717, 1.165) is 0 Å². The van der Waals surface area contributed by atoms with Crippen LogP contribution in [0.5, 0.6) is 0 Å². The number of rotatable bonds is 8. The normalized spacial score (nSPS) is 10.4. The first-order valence-corrected chi connectivity index (χ1v) is 8.12. The average molecular weight is 322 g/mol. The van der Waals surface area contributed by atoms with Gasteiger partial charge < -0.3 is 0 Å². The molecular weight excluding hydrogens is 304 g/mol. The molecule has 0 radical (unpaired) electrons. The highest BCUT2D eigenvalue weighted by Gasteiger charge is 2.22. The minimum absolute atomic E-state index is 0.00542. The zero-order valence-electron chi connectivity index (χ0n) is 12.3. The Morgan fingerprint density at radius 1 is 1.36 bits per heavy atom. The van der Waals surface area contributed by atoms with Gasteiger partial charge in [0, 0.05) is 18.7 Å². The summed E-state index contributed by atoms with van der Waals surface area (Å²) in [6, 6.07) is 4.82. The smallest absolute Gasteiger partial charge is 0.266 e. The zero-order valence-corrected chi connectivity index (χ0v) is 13.1. The number of hydrogen-bond acceptors (Lipinski definition) is 4. The van der Waals surface area contributed by atoms with E-state index in [9.17, 15) is 18.5 Å². The second kappa shape index (κ2) is 8.17. The summed E-state index contributed by atoms with van der Waals surface area (Å²) in [6.07, 6.45) is 6.00. The average Bonchev–Trinajstić information content (AvgIpc) is 2.50. The van der Waals surface area contributed by atoms with E-state index in [0.29, 0.717) is 12.8 Å². The molecule has 0 saturated carbocycles. The fourth-order valence-corrected chi connectivity index (χ4v) is 3.00. The summed E-state index contributed by atoms with van der Waals surface area (Å²) in [5, 5.41) is 10.6. The molecule has 0 spiro atoms. The van der Waals surface area contributed by atoms with Crippen molar-refractivity contribution in [3.05, 3.63) is 65.0 Å². The Kier molecular flexibility index (Phi) is 6.56. The molecule has 0 unspecified atom stereocenters. The molecule has 0 amide bonds. The number of non-ortho nitro benzene ring substituents is 1. The van der Waals surface area contributed by atoms with Crippen molar-refractivity contribution in [3.63, 3.8) is 0 Å². The van der Waals surface area contributed by atoms with E-state index in [-0.39, 0.29) is 17.1 Å². The first-order chi connectivity index (χ1) is 10.4. The number of nitrogens with zero attached hydrogens (tertiary/aromatic N) is 2. The monoisotopic (exact) mass is 322 g/mol. The molecule has 1 rings (SSSR count). The summed E-state index contributed by atoms with van der Waals surface area (Å²) in [5.41, 5.74) is 2.59. The molecule has 0 aliphatic heterocycles. The van der Waals surface area contributed by atoms with Gasteiger partial charge in [-0.05, 0) is 38.0 Å². The Balaban J connectivity index is 3.11. The molecular formula is C15H18N2O4S. The van der Waals surface area contributed by atoms with Crippen LogP contribution in [-0.2, 0) is 10.0 Å². The Hall–Kier alpha value is -2.37. The fourth-order valence-electron chi connectivity index (χ4n) is 1.68. The van der Waals surface area contributed by atoms with Crippen LogP contribution in [-0.4, -0.2) is 24.2 Å². The van der Waals surface area contributed by atoms with Crippen LogP contribution in [0.15, 0.2) is 59.8 Å². The van der Waals surface area contributed by atoms with Crippen molar-refractivity contribution in [1.82, 2.24) is 4.31 Å². The first-order valence-electron chi connectivity index (χ1n) is 6.68. The zero-order chi connectivity index (χ0) is 16.6. The van der Waals surface area contributed by atoms with Gasteiger partial charge in [0.1, 0.15) is 0 Å². The van der Waals surface area contributed by atoms with E-state index in [2.05, 4.69) is 12.3 Å². The lowest BCUT2D eigenvalue weighted by Gasteiger charge is -2.19. The van der Waals surface area contributed by atoms with Gasteiger partial charge in [-0.3, -0.25) is 14.4 Å². The standard InChI is InChI=1S/C15H18N2O4S/c1-3-5-7-13-16(12-6-4-2)22(20,21)15-10-8-14(9-11-15)17(18)19/h3-4,8-12H,1,5,7,13H2,2H3. The molecule has 0 atom stereocenters. The Morgan fingerprint density at radius 3 is 2.50 bits per heavy atom. The maximum atomic E-state index is 12.6. The van der Waals surface area contributed by atoms with Gasteiger partial charge in [0.15, 0.2) is 0 Å². The van der Waals surface area contributed by atoms with Crippen LogP contribution in [0.25, 0.3) is 0 Å². The van der Waals surface area contributed by atoms with Crippen molar-refractivity contribution in [2.75, 3.05) is 6.54 Å². The summed E-state index contributed by atoms with van der Waals surface area (Å²) in [6.45, 7) is 5.62. The van der Waals surface area contributed by atoms with Crippen molar-refractivity contribution in [1.29, 1.82) is 0 Å². The summed E-state index contributed by atoms with van der Waals surface area (Å²) in [7, 11) is -3.76. The molecule has 1 aromatic rings. The van der Waals surface area contributed by atoms with Gasteiger partial charge in [-0.1, -0.05) is 6.08 Å². The summed E-state index contributed by atoms with van der Waals surface area (Å²) in [5.74, 6) is 0. The lowest BCUT2D eigenvalue weighted by Crippen LogP contribution is -2.26. The van der Waals surface area contributed by atoms with E-state index in [1.807, 2.05) is 0 Å². The first kappa shape index (κ1) is 17.7. The number of allylic oxidation sites excluding steroid dienone is 2. The Morgan fingerprint density at radius 2 is 2.00 bits per heavy atom. The van der Waals surface area contributed by atoms with Crippen LogP contribution in [0.4, 0.5) is 5.69 Å². The highest BCUT2D eigenvalue weighted by atomic mass is 32.2. The summed E-state index contributed by atoms with van der Waals surface area (Å²) < 4.78 is 26.3. The Bertz CT molecular complexity index is 687. The summed E-state index contributed by atoms with van der Waals surface area (Å²) in [4.78, 5) is 10.1. The minimum Gasteiger partial charge on any atom is -0.266 e. The molecule has 0 fully saturated rings. The molecule has 0 N–H and O–H groups in total. The molecule has 0 heterocycles. The molecule has 0 bridgehead atoms. The quantitative estimate of drug-likeness (QED) is 0.242. The third-order valence-corrected chi connectivity index (χ3v) is 4.60. The maximum Gasteiger partial charge on any atom is 0.269 e. The largest absolute Gasteiger partial charge is 0.269 e. The van der Waals surface area contributed by atoms with Crippen LogP contribution >= 0.6 is 0 Å². The van der Waals surface area contributed by atoms with Crippen LogP contribution < -0.4 is 0 Å². The summed E-state index contributed by atoms with van der Waals surface area (Å²) >= 11 is 0. The number of sulfonamides is 1. The number of benzene rings is 1.